The van der Waals surface area contributed by atoms with Crippen LogP contribution in [0.25, 0.3) is 16.8 Å². The van der Waals surface area contributed by atoms with Gasteiger partial charge in [-0.15, -0.1) is 0 Å². The Kier molecular flexibility index (Phi) is 5.23. The van der Waals surface area contributed by atoms with Gasteiger partial charge in [0.15, 0.2) is 16.6 Å². The van der Waals surface area contributed by atoms with Crippen LogP contribution in [-0.4, -0.2) is 51.5 Å². The quantitative estimate of drug-likeness (QED) is 0.334. The Morgan fingerprint density at radius 1 is 1.14 bits per heavy atom. The first-order chi connectivity index (χ1) is 17.8. The van der Waals surface area contributed by atoms with Crippen LogP contribution < -0.4 is 21.3 Å². The van der Waals surface area contributed by atoms with E-state index in [1.54, 1.807) is 17.5 Å². The van der Waals surface area contributed by atoms with Crippen LogP contribution in [-0.2, 0) is 6.42 Å². The number of anilines is 3. The van der Waals surface area contributed by atoms with Crippen LogP contribution in [0.5, 0.6) is 0 Å². The Labute approximate surface area is 227 Å². The van der Waals surface area contributed by atoms with E-state index in [0.29, 0.717) is 10.8 Å². The minimum absolute atomic E-state index is 0.0499. The van der Waals surface area contributed by atoms with E-state index in [9.17, 15) is 0 Å². The number of aromatic nitrogens is 5. The van der Waals surface area contributed by atoms with Crippen molar-refractivity contribution in [3.8, 4) is 0 Å². The zero-order valence-electron chi connectivity index (χ0n) is 20.5. The van der Waals surface area contributed by atoms with Gasteiger partial charge in [0.2, 0.25) is 0 Å². The lowest BCUT2D eigenvalue weighted by Crippen LogP contribution is -2.44. The van der Waals surface area contributed by atoms with Gasteiger partial charge in [-0.05, 0) is 42.9 Å². The average molecular weight is 552 g/mol. The van der Waals surface area contributed by atoms with E-state index in [0.717, 1.165) is 69.9 Å². The lowest BCUT2D eigenvalue weighted by Gasteiger charge is -2.42. The van der Waals surface area contributed by atoms with E-state index in [4.69, 9.17) is 38.0 Å². The highest BCUT2D eigenvalue weighted by Crippen LogP contribution is 2.53. The first kappa shape index (κ1) is 23.3. The Balaban J connectivity index is 1.15. The summed E-state index contributed by atoms with van der Waals surface area (Å²) in [5.41, 5.74) is 16.8. The molecule has 0 saturated carbocycles. The molecule has 4 N–H and O–H groups in total. The lowest BCUT2D eigenvalue weighted by molar-refractivity contribution is 0.188. The van der Waals surface area contributed by atoms with Gasteiger partial charge in [-0.2, -0.15) is 0 Å². The summed E-state index contributed by atoms with van der Waals surface area (Å²) in [5, 5.41) is 1.51. The molecule has 190 valence electrons. The third-order valence-corrected chi connectivity index (χ3v) is 10.7. The summed E-state index contributed by atoms with van der Waals surface area (Å²) in [7, 11) is 4.07. The molecule has 0 amide bonds. The summed E-state index contributed by atoms with van der Waals surface area (Å²) in [4.78, 5) is 26.3. The van der Waals surface area contributed by atoms with E-state index in [-0.39, 0.29) is 11.5 Å². The number of halogens is 1. The summed E-state index contributed by atoms with van der Waals surface area (Å²) >= 11 is 9.67. The molecule has 1 atom stereocenters. The summed E-state index contributed by atoms with van der Waals surface area (Å²) < 4.78 is 2.13. The van der Waals surface area contributed by atoms with E-state index in [1.165, 1.54) is 22.3 Å². The van der Waals surface area contributed by atoms with Gasteiger partial charge in [-0.25, -0.2) is 19.9 Å². The Hall–Kier alpha value is -2.86. The number of hydrogen-bond donors (Lipinski definition) is 2. The highest BCUT2D eigenvalue weighted by molar-refractivity contribution is 7.99. The zero-order valence-corrected chi connectivity index (χ0v) is 22.9. The largest absolute Gasteiger partial charge is 0.382 e. The van der Waals surface area contributed by atoms with Gasteiger partial charge >= 0.3 is 0 Å². The summed E-state index contributed by atoms with van der Waals surface area (Å²) in [5.74, 6) is 1.31. The first-order valence-corrected chi connectivity index (χ1v) is 14.2. The van der Waals surface area contributed by atoms with Crippen molar-refractivity contribution in [2.75, 3.05) is 42.7 Å². The van der Waals surface area contributed by atoms with Crippen molar-refractivity contribution in [2.45, 2.75) is 35.1 Å². The lowest BCUT2D eigenvalue weighted by atomic mass is 9.74. The van der Waals surface area contributed by atoms with Gasteiger partial charge in [-0.1, -0.05) is 34.7 Å². The number of imidazole rings is 2. The van der Waals surface area contributed by atoms with Crippen molar-refractivity contribution in [3.05, 3.63) is 46.2 Å². The molecule has 0 radical (unpaired) electrons. The molecule has 0 unspecified atom stereocenters. The monoisotopic (exact) mass is 551 g/mol. The van der Waals surface area contributed by atoms with E-state index in [2.05, 4.69) is 19.2 Å². The number of nitrogen functional groups attached to an aromatic ring is 1. The van der Waals surface area contributed by atoms with Crippen molar-refractivity contribution in [1.82, 2.24) is 24.3 Å². The van der Waals surface area contributed by atoms with Crippen molar-refractivity contribution < 1.29 is 0 Å². The van der Waals surface area contributed by atoms with Gasteiger partial charge in [0.05, 0.1) is 21.8 Å². The minimum Gasteiger partial charge on any atom is -0.382 e. The number of nitrogens with zero attached hydrogens (tertiary/aromatic N) is 7. The second-order valence-corrected chi connectivity index (χ2v) is 12.6. The maximum atomic E-state index is 6.85. The van der Waals surface area contributed by atoms with Crippen molar-refractivity contribution >= 4 is 68.3 Å². The van der Waals surface area contributed by atoms with Gasteiger partial charge in [0, 0.05) is 49.2 Å². The standard InChI is InChI=1S/C25H26ClN9S2/c1-33(2)24-31-13-11-25(20(27)19(13)37-24)6-9-34(10-7-25)22-14-12-30-23-16(3-4-17(32-22)35(14)23)36-15-5-8-29-21(28)18(15)26/h3-5,8,12,20H,6-7,9-11,27H2,1-2H3,(H2,28,29)/t20-/m1/s1. The summed E-state index contributed by atoms with van der Waals surface area (Å²) in [6, 6.07) is 6.00. The average Bonchev–Trinajstić information content (AvgIpc) is 3.64. The number of pyridine rings is 2. The molecule has 5 aromatic heterocycles. The highest BCUT2D eigenvalue weighted by atomic mass is 35.5. The molecule has 0 aromatic carbocycles. The van der Waals surface area contributed by atoms with Gasteiger partial charge in [0.25, 0.3) is 0 Å². The molecule has 1 fully saturated rings. The fourth-order valence-electron chi connectivity index (χ4n) is 5.70. The predicted octanol–water partition coefficient (Wildman–Crippen LogP) is 4.47. The summed E-state index contributed by atoms with van der Waals surface area (Å²) in [6.07, 6.45) is 6.60. The number of rotatable bonds is 4. The molecule has 0 bridgehead atoms. The van der Waals surface area contributed by atoms with Crippen molar-refractivity contribution in [2.24, 2.45) is 11.1 Å². The number of thiazole rings is 1. The molecule has 12 heteroatoms. The smallest absolute Gasteiger partial charge is 0.185 e. The second kappa shape index (κ2) is 8.32. The number of nitrogens with two attached hydrogens (primary N) is 2. The SMILES string of the molecule is CN(C)c1nc2c(s1)[C@@H](N)C1(CCN(c3nc4ccc(Sc5ccnc(N)c5Cl)c5ncc3n45)CC1)C2. The van der Waals surface area contributed by atoms with E-state index < -0.39 is 0 Å². The van der Waals surface area contributed by atoms with E-state index in [1.807, 2.05) is 38.5 Å². The molecule has 2 aliphatic rings. The molecular formula is C25H26ClN9S2. The number of fused-ring (bicyclic) bond motifs is 1. The fraction of sp³-hybridized carbons (Fsp3) is 0.360. The molecule has 1 saturated heterocycles. The predicted molar refractivity (Wildman–Crippen MR) is 150 cm³/mol. The first-order valence-electron chi connectivity index (χ1n) is 12.2. The van der Waals surface area contributed by atoms with Crippen LogP contribution in [0, 0.1) is 5.41 Å². The van der Waals surface area contributed by atoms with Gasteiger partial charge in [-0.3, -0.25) is 4.40 Å². The molecule has 1 spiro atoms. The molecule has 1 aliphatic carbocycles. The fourth-order valence-corrected chi connectivity index (χ4v) is 8.01. The molecular weight excluding hydrogens is 526 g/mol. The van der Waals surface area contributed by atoms with Crippen molar-refractivity contribution in [1.29, 1.82) is 0 Å². The van der Waals surface area contributed by atoms with Crippen LogP contribution in [0.4, 0.5) is 16.8 Å². The summed E-state index contributed by atoms with van der Waals surface area (Å²) in [6.45, 7) is 1.83. The zero-order chi connectivity index (χ0) is 25.5. The van der Waals surface area contributed by atoms with Crippen molar-refractivity contribution in [3.63, 3.8) is 0 Å². The Morgan fingerprint density at radius 2 is 1.95 bits per heavy atom. The maximum Gasteiger partial charge on any atom is 0.185 e. The second-order valence-electron chi connectivity index (χ2n) is 10.1. The Morgan fingerprint density at radius 3 is 2.70 bits per heavy atom. The number of piperidine rings is 1. The molecule has 7 rings (SSSR count). The molecule has 37 heavy (non-hydrogen) atoms. The third kappa shape index (κ3) is 3.48. The van der Waals surface area contributed by atoms with Crippen LogP contribution in [0.15, 0.2) is 40.4 Å². The van der Waals surface area contributed by atoms with Crippen LogP contribution in [0.1, 0.15) is 29.5 Å². The van der Waals surface area contributed by atoms with Crippen LogP contribution in [0.3, 0.4) is 0 Å². The van der Waals surface area contributed by atoms with E-state index >= 15 is 0 Å². The molecule has 6 heterocycles. The Bertz CT molecular complexity index is 1640. The van der Waals surface area contributed by atoms with Crippen LogP contribution in [0.2, 0.25) is 5.02 Å². The molecule has 5 aromatic rings. The normalized spacial score (nSPS) is 18.9. The van der Waals surface area contributed by atoms with Gasteiger partial charge < -0.3 is 21.3 Å². The topological polar surface area (TPSA) is 114 Å². The molecule has 1 aliphatic heterocycles. The highest BCUT2D eigenvalue weighted by Gasteiger charge is 2.48. The molecule has 9 nitrogen and oxygen atoms in total. The number of hydrogen-bond acceptors (Lipinski definition) is 10. The third-order valence-electron chi connectivity index (χ3n) is 7.76. The van der Waals surface area contributed by atoms with Gasteiger partial charge in [0.1, 0.15) is 17.0 Å². The minimum atomic E-state index is 0.0499. The maximum absolute atomic E-state index is 6.85. The van der Waals surface area contributed by atoms with Crippen LogP contribution >= 0.6 is 34.7 Å².